The van der Waals surface area contributed by atoms with Gasteiger partial charge in [0.15, 0.2) is 0 Å². The van der Waals surface area contributed by atoms with Gasteiger partial charge in [0.2, 0.25) is 0 Å². The molecule has 1 saturated heterocycles. The molecule has 5 nitrogen and oxygen atoms in total. The molecule has 2 amide bonds. The molecule has 2 atom stereocenters. The molecule has 23 heavy (non-hydrogen) atoms. The molecule has 2 N–H and O–H groups in total. The highest BCUT2D eigenvalue weighted by molar-refractivity contribution is 5.89. The van der Waals surface area contributed by atoms with Crippen LogP contribution in [0.3, 0.4) is 0 Å². The highest BCUT2D eigenvalue weighted by Gasteiger charge is 2.33. The van der Waals surface area contributed by atoms with Crippen molar-refractivity contribution in [2.24, 2.45) is 0 Å². The van der Waals surface area contributed by atoms with Crippen LogP contribution in [0.15, 0.2) is 24.3 Å². The van der Waals surface area contributed by atoms with E-state index in [2.05, 4.69) is 43.2 Å². The van der Waals surface area contributed by atoms with Gasteiger partial charge in [-0.1, -0.05) is 12.1 Å². The standard InChI is InChI=1S/C18H29N3O2/c1-13-7-6-8-16(9-13)20-17(22)19-12-18(4,5)21-10-14(2)23-15(3)11-21/h6-9,14-15H,10-12H2,1-5H3,(H2,19,20,22). The van der Waals surface area contributed by atoms with E-state index >= 15 is 0 Å². The third kappa shape index (κ3) is 5.22. The zero-order chi connectivity index (χ0) is 17.0. The van der Waals surface area contributed by atoms with Crippen molar-refractivity contribution in [2.75, 3.05) is 25.0 Å². The van der Waals surface area contributed by atoms with Gasteiger partial charge in [-0.2, -0.15) is 0 Å². The summed E-state index contributed by atoms with van der Waals surface area (Å²) in [6.07, 6.45) is 0.443. The lowest BCUT2D eigenvalue weighted by Crippen LogP contribution is -2.58. The van der Waals surface area contributed by atoms with Crippen LogP contribution in [0.1, 0.15) is 33.3 Å². The van der Waals surface area contributed by atoms with Crippen LogP contribution in [0.4, 0.5) is 10.5 Å². The first-order chi connectivity index (χ1) is 10.8. The van der Waals surface area contributed by atoms with Crippen molar-refractivity contribution in [2.45, 2.75) is 52.4 Å². The number of anilines is 1. The van der Waals surface area contributed by atoms with Gasteiger partial charge in [0.05, 0.1) is 12.2 Å². The number of rotatable bonds is 4. The van der Waals surface area contributed by atoms with Crippen molar-refractivity contribution in [1.82, 2.24) is 10.2 Å². The van der Waals surface area contributed by atoms with E-state index in [1.807, 2.05) is 31.2 Å². The third-order valence-corrected chi connectivity index (χ3v) is 4.23. The van der Waals surface area contributed by atoms with Gasteiger partial charge in [0.25, 0.3) is 0 Å². The number of ether oxygens (including phenoxy) is 1. The molecule has 128 valence electrons. The van der Waals surface area contributed by atoms with Crippen molar-refractivity contribution >= 4 is 11.7 Å². The van der Waals surface area contributed by atoms with Crippen LogP contribution in [0, 0.1) is 6.92 Å². The minimum absolute atomic E-state index is 0.115. The topological polar surface area (TPSA) is 53.6 Å². The Bertz CT molecular complexity index is 535. The van der Waals surface area contributed by atoms with Gasteiger partial charge in [-0.25, -0.2) is 4.79 Å². The number of urea groups is 1. The number of aryl methyl sites for hydroxylation is 1. The Morgan fingerprint density at radius 1 is 1.30 bits per heavy atom. The van der Waals surface area contributed by atoms with Crippen LogP contribution < -0.4 is 10.6 Å². The largest absolute Gasteiger partial charge is 0.373 e. The molecule has 1 aliphatic rings. The third-order valence-electron chi connectivity index (χ3n) is 4.23. The maximum absolute atomic E-state index is 12.1. The summed E-state index contributed by atoms with van der Waals surface area (Å²) in [6, 6.07) is 7.62. The summed E-state index contributed by atoms with van der Waals surface area (Å²) in [7, 11) is 0. The molecule has 1 heterocycles. The molecule has 0 aromatic heterocycles. The minimum Gasteiger partial charge on any atom is -0.373 e. The number of nitrogens with zero attached hydrogens (tertiary/aromatic N) is 1. The molecule has 0 aliphatic carbocycles. The van der Waals surface area contributed by atoms with Crippen molar-refractivity contribution in [3.05, 3.63) is 29.8 Å². The molecule has 1 aliphatic heterocycles. The number of amides is 2. The lowest BCUT2D eigenvalue weighted by Gasteiger charge is -2.45. The molecular weight excluding hydrogens is 290 g/mol. The zero-order valence-electron chi connectivity index (χ0n) is 14.8. The Balaban J connectivity index is 1.87. The average molecular weight is 319 g/mol. The Labute approximate surface area is 139 Å². The van der Waals surface area contributed by atoms with Crippen molar-refractivity contribution in [3.8, 4) is 0 Å². The molecular formula is C18H29N3O2. The quantitative estimate of drug-likeness (QED) is 0.897. The van der Waals surface area contributed by atoms with Gasteiger partial charge in [-0.3, -0.25) is 4.90 Å². The number of carbonyl (C=O) groups is 1. The van der Waals surface area contributed by atoms with Crippen molar-refractivity contribution in [3.63, 3.8) is 0 Å². The average Bonchev–Trinajstić information content (AvgIpc) is 2.44. The Kier molecular flexibility index (Phi) is 5.65. The fourth-order valence-corrected chi connectivity index (χ4v) is 2.98. The van der Waals surface area contributed by atoms with E-state index in [1.54, 1.807) is 0 Å². The second kappa shape index (κ2) is 7.32. The van der Waals surface area contributed by atoms with Crippen molar-refractivity contribution < 1.29 is 9.53 Å². The molecule has 1 aromatic rings. The molecule has 0 radical (unpaired) electrons. The summed E-state index contributed by atoms with van der Waals surface area (Å²) in [5, 5.41) is 5.87. The summed E-state index contributed by atoms with van der Waals surface area (Å²) < 4.78 is 5.79. The van der Waals surface area contributed by atoms with Crippen LogP contribution in [0.2, 0.25) is 0 Å². The number of nitrogens with one attached hydrogen (secondary N) is 2. The summed E-state index contributed by atoms with van der Waals surface area (Å²) in [4.78, 5) is 14.5. The van der Waals surface area contributed by atoms with Gasteiger partial charge in [-0.15, -0.1) is 0 Å². The van der Waals surface area contributed by atoms with Gasteiger partial charge in [0, 0.05) is 30.9 Å². The SMILES string of the molecule is Cc1cccc(NC(=O)NCC(C)(C)N2CC(C)OC(C)C2)c1. The highest BCUT2D eigenvalue weighted by Crippen LogP contribution is 2.20. The summed E-state index contributed by atoms with van der Waals surface area (Å²) in [6.45, 7) is 12.9. The van der Waals surface area contributed by atoms with E-state index in [4.69, 9.17) is 4.74 Å². The monoisotopic (exact) mass is 319 g/mol. The van der Waals surface area contributed by atoms with E-state index < -0.39 is 0 Å². The summed E-state index contributed by atoms with van der Waals surface area (Å²) >= 11 is 0. The molecule has 2 rings (SSSR count). The summed E-state index contributed by atoms with van der Waals surface area (Å²) in [5.41, 5.74) is 1.82. The van der Waals surface area contributed by atoms with Crippen LogP contribution in [0.5, 0.6) is 0 Å². The van der Waals surface area contributed by atoms with Crippen LogP contribution in [0.25, 0.3) is 0 Å². The number of carbonyl (C=O) groups excluding carboxylic acids is 1. The van der Waals surface area contributed by atoms with Gasteiger partial charge >= 0.3 is 6.03 Å². The molecule has 5 heteroatoms. The number of hydrogen-bond donors (Lipinski definition) is 2. The molecule has 0 spiro atoms. The maximum Gasteiger partial charge on any atom is 0.319 e. The van der Waals surface area contributed by atoms with Gasteiger partial charge < -0.3 is 15.4 Å². The van der Waals surface area contributed by atoms with Crippen molar-refractivity contribution in [1.29, 1.82) is 0 Å². The van der Waals surface area contributed by atoms with E-state index in [-0.39, 0.29) is 23.8 Å². The second-order valence-electron chi connectivity index (χ2n) is 7.15. The fraction of sp³-hybridized carbons (Fsp3) is 0.611. The first-order valence-electron chi connectivity index (χ1n) is 8.28. The lowest BCUT2D eigenvalue weighted by molar-refractivity contribution is -0.0947. The van der Waals surface area contributed by atoms with E-state index in [9.17, 15) is 4.79 Å². The predicted octanol–water partition coefficient (Wildman–Crippen LogP) is 3.00. The smallest absolute Gasteiger partial charge is 0.319 e. The number of benzene rings is 1. The number of morpholine rings is 1. The highest BCUT2D eigenvalue weighted by atomic mass is 16.5. The normalized spacial score (nSPS) is 22.7. The van der Waals surface area contributed by atoms with E-state index in [0.29, 0.717) is 6.54 Å². The Morgan fingerprint density at radius 2 is 1.96 bits per heavy atom. The van der Waals surface area contributed by atoms with E-state index in [0.717, 1.165) is 24.3 Å². The van der Waals surface area contributed by atoms with Gasteiger partial charge in [-0.05, 0) is 52.3 Å². The predicted molar refractivity (Wildman–Crippen MR) is 93.9 cm³/mol. The Hall–Kier alpha value is -1.59. The van der Waals surface area contributed by atoms with Crippen LogP contribution >= 0.6 is 0 Å². The van der Waals surface area contributed by atoms with Crippen LogP contribution in [-0.2, 0) is 4.74 Å². The second-order valence-corrected chi connectivity index (χ2v) is 7.15. The van der Waals surface area contributed by atoms with Gasteiger partial charge in [0.1, 0.15) is 0 Å². The summed E-state index contributed by atoms with van der Waals surface area (Å²) in [5.74, 6) is 0. The van der Waals surface area contributed by atoms with Crippen LogP contribution in [-0.4, -0.2) is 48.3 Å². The molecule has 0 bridgehead atoms. The fourth-order valence-electron chi connectivity index (χ4n) is 2.98. The maximum atomic E-state index is 12.1. The first kappa shape index (κ1) is 17.8. The minimum atomic E-state index is -0.168. The Morgan fingerprint density at radius 3 is 2.57 bits per heavy atom. The lowest BCUT2D eigenvalue weighted by atomic mass is 10.00. The molecule has 1 fully saturated rings. The zero-order valence-corrected chi connectivity index (χ0v) is 14.8. The molecule has 0 saturated carbocycles. The first-order valence-corrected chi connectivity index (χ1v) is 8.28. The molecule has 1 aromatic carbocycles. The number of hydrogen-bond acceptors (Lipinski definition) is 3. The molecule has 2 unspecified atom stereocenters. The van der Waals surface area contributed by atoms with E-state index in [1.165, 1.54) is 0 Å².